The number of hydrogen-bond donors (Lipinski definition) is 3. The number of fused-ring (bicyclic) bond motifs is 1. The van der Waals surface area contributed by atoms with E-state index in [0.717, 1.165) is 29.4 Å². The minimum absolute atomic E-state index is 0.132. The van der Waals surface area contributed by atoms with Crippen LogP contribution in [0.5, 0.6) is 5.88 Å². The van der Waals surface area contributed by atoms with Gasteiger partial charge in [0.1, 0.15) is 5.82 Å². The number of aromatic nitrogens is 3. The summed E-state index contributed by atoms with van der Waals surface area (Å²) in [4.78, 5) is 26.0. The van der Waals surface area contributed by atoms with Gasteiger partial charge in [-0.05, 0) is 55.8 Å². The fraction of sp³-hybridized carbons (Fsp3) is 0.200. The Kier molecular flexibility index (Phi) is 6.82. The number of benzene rings is 2. The maximum Gasteiger partial charge on any atom is 0.414 e. The number of amides is 1. The first-order chi connectivity index (χ1) is 17.0. The average Bonchev–Trinajstić information content (AvgIpc) is 3.38. The molecule has 1 saturated heterocycles. The van der Waals surface area contributed by atoms with Crippen molar-refractivity contribution in [2.24, 2.45) is 0 Å². The first kappa shape index (κ1) is 23.1. The second-order valence-electron chi connectivity index (χ2n) is 8.12. The van der Waals surface area contributed by atoms with Crippen LogP contribution in [-0.2, 0) is 0 Å². The maximum atomic E-state index is 13.2. The molecule has 2 aromatic heterocycles. The van der Waals surface area contributed by atoms with Crippen LogP contribution < -0.4 is 20.7 Å². The van der Waals surface area contributed by atoms with Crippen molar-refractivity contribution in [2.75, 3.05) is 18.4 Å². The van der Waals surface area contributed by atoms with Crippen molar-refractivity contribution in [3.8, 4) is 17.0 Å². The van der Waals surface area contributed by atoms with Gasteiger partial charge in [0.15, 0.2) is 5.65 Å². The molecule has 0 aliphatic carbocycles. The van der Waals surface area contributed by atoms with Crippen molar-refractivity contribution < 1.29 is 13.9 Å². The van der Waals surface area contributed by atoms with Crippen molar-refractivity contribution in [2.45, 2.75) is 18.9 Å². The Hall–Kier alpha value is -3.63. The summed E-state index contributed by atoms with van der Waals surface area (Å²) < 4.78 is 19.7. The number of anilines is 2. The topological polar surface area (TPSA) is 101 Å². The smallest absolute Gasteiger partial charge is 0.391 e. The first-order valence-electron chi connectivity index (χ1n) is 11.2. The molecule has 1 aliphatic rings. The zero-order chi connectivity index (χ0) is 24.2. The largest absolute Gasteiger partial charge is 0.414 e. The van der Waals surface area contributed by atoms with Gasteiger partial charge in [-0.15, -0.1) is 0 Å². The van der Waals surface area contributed by atoms with Crippen LogP contribution in [0.4, 0.5) is 20.8 Å². The first-order valence-corrected chi connectivity index (χ1v) is 12.0. The number of ether oxygens (including phenoxy) is 1. The van der Waals surface area contributed by atoms with Crippen LogP contribution in [0.25, 0.3) is 22.2 Å². The van der Waals surface area contributed by atoms with E-state index in [0.29, 0.717) is 28.8 Å². The zero-order valence-corrected chi connectivity index (χ0v) is 20.2. The number of halogens is 2. The number of carbonyl (C=O) groups is 1. The van der Waals surface area contributed by atoms with Crippen LogP contribution in [0.1, 0.15) is 12.8 Å². The number of nitrogens with one attached hydrogen (secondary N) is 3. The molecule has 0 spiro atoms. The minimum Gasteiger partial charge on any atom is -0.391 e. The van der Waals surface area contributed by atoms with Gasteiger partial charge in [-0.3, -0.25) is 0 Å². The Labute approximate surface area is 209 Å². The van der Waals surface area contributed by atoms with E-state index < -0.39 is 6.09 Å². The molecular formula is C25H22BrFN6O2. The Bertz CT molecular complexity index is 1360. The molecule has 5 rings (SSSR count). The van der Waals surface area contributed by atoms with E-state index >= 15 is 0 Å². The number of nitrogens with zero attached hydrogens (tertiary/aromatic N) is 3. The van der Waals surface area contributed by atoms with E-state index in [1.165, 1.54) is 12.1 Å². The van der Waals surface area contributed by atoms with Gasteiger partial charge in [-0.2, -0.15) is 9.97 Å². The SMILES string of the molecule is O=C(NC[C@@H]1CCCN1)Oc1nc2nc(Nc3ccc(F)cc3)ncc2cc1-c1ccccc1Br. The molecule has 1 aliphatic heterocycles. The molecule has 1 fully saturated rings. The van der Waals surface area contributed by atoms with Crippen LogP contribution >= 0.6 is 15.9 Å². The monoisotopic (exact) mass is 536 g/mol. The predicted molar refractivity (Wildman–Crippen MR) is 135 cm³/mol. The molecule has 0 radical (unpaired) electrons. The van der Waals surface area contributed by atoms with Gasteiger partial charge in [-0.1, -0.05) is 34.1 Å². The van der Waals surface area contributed by atoms with E-state index in [1.807, 2.05) is 30.3 Å². The molecule has 0 bridgehead atoms. The quantitative estimate of drug-likeness (QED) is 0.312. The minimum atomic E-state index is -0.586. The summed E-state index contributed by atoms with van der Waals surface area (Å²) in [6.45, 7) is 1.43. The highest BCUT2D eigenvalue weighted by molar-refractivity contribution is 9.10. The zero-order valence-electron chi connectivity index (χ0n) is 18.6. The van der Waals surface area contributed by atoms with Gasteiger partial charge >= 0.3 is 6.09 Å². The highest BCUT2D eigenvalue weighted by Gasteiger charge is 2.19. The van der Waals surface area contributed by atoms with E-state index in [4.69, 9.17) is 4.74 Å². The molecule has 1 atom stereocenters. The van der Waals surface area contributed by atoms with Crippen molar-refractivity contribution in [1.82, 2.24) is 25.6 Å². The summed E-state index contributed by atoms with van der Waals surface area (Å²) in [5.74, 6) is 0.0840. The van der Waals surface area contributed by atoms with Crippen LogP contribution in [-0.4, -0.2) is 40.2 Å². The molecule has 3 heterocycles. The molecule has 10 heteroatoms. The Morgan fingerprint density at radius 3 is 2.74 bits per heavy atom. The van der Waals surface area contributed by atoms with Crippen molar-refractivity contribution >= 4 is 44.7 Å². The third-order valence-corrected chi connectivity index (χ3v) is 6.33. The number of pyridine rings is 1. The van der Waals surface area contributed by atoms with Gasteiger partial charge < -0.3 is 20.7 Å². The summed E-state index contributed by atoms with van der Waals surface area (Å²) in [5.41, 5.74) is 2.42. The third kappa shape index (κ3) is 5.55. The van der Waals surface area contributed by atoms with Gasteiger partial charge in [0, 0.05) is 45.5 Å². The lowest BCUT2D eigenvalue weighted by Gasteiger charge is -2.14. The Balaban J connectivity index is 1.46. The average molecular weight is 537 g/mol. The normalized spacial score (nSPS) is 15.2. The second kappa shape index (κ2) is 10.3. The lowest BCUT2D eigenvalue weighted by molar-refractivity contribution is 0.198. The summed E-state index contributed by atoms with van der Waals surface area (Å²) in [5, 5.41) is 9.85. The molecule has 8 nitrogen and oxygen atoms in total. The number of hydrogen-bond acceptors (Lipinski definition) is 7. The Morgan fingerprint density at radius 2 is 1.97 bits per heavy atom. The highest BCUT2D eigenvalue weighted by Crippen LogP contribution is 2.36. The standard InChI is InChI=1S/C25H22BrFN6O2/c26-21-6-2-1-5-19(21)20-12-15-13-29-24(31-17-9-7-16(27)8-10-17)33-22(15)32-23(20)35-25(34)30-14-18-4-3-11-28-18/h1-2,5-10,12-13,18,28H,3-4,11,14H2,(H,30,34)(H,29,31,32,33)/t18-/m0/s1. The van der Waals surface area contributed by atoms with E-state index in [9.17, 15) is 9.18 Å². The molecular weight excluding hydrogens is 515 g/mol. The Morgan fingerprint density at radius 1 is 1.14 bits per heavy atom. The summed E-state index contributed by atoms with van der Waals surface area (Å²) in [7, 11) is 0. The van der Waals surface area contributed by atoms with Crippen molar-refractivity contribution in [3.63, 3.8) is 0 Å². The van der Waals surface area contributed by atoms with Gasteiger partial charge in [0.25, 0.3) is 0 Å². The van der Waals surface area contributed by atoms with Crippen molar-refractivity contribution in [3.05, 3.63) is 71.1 Å². The molecule has 2 aromatic carbocycles. The van der Waals surface area contributed by atoms with Crippen LogP contribution in [0.15, 0.2) is 65.3 Å². The molecule has 0 unspecified atom stereocenters. The number of rotatable bonds is 6. The van der Waals surface area contributed by atoms with E-state index in [2.05, 4.69) is 46.8 Å². The lowest BCUT2D eigenvalue weighted by Crippen LogP contribution is -2.38. The lowest BCUT2D eigenvalue weighted by atomic mass is 10.1. The van der Waals surface area contributed by atoms with Crippen LogP contribution in [0.3, 0.4) is 0 Å². The molecule has 1 amide bonds. The summed E-state index contributed by atoms with van der Waals surface area (Å²) in [6.07, 6.45) is 3.15. The fourth-order valence-electron chi connectivity index (χ4n) is 3.88. The maximum absolute atomic E-state index is 13.2. The third-order valence-electron chi connectivity index (χ3n) is 5.64. The van der Waals surface area contributed by atoms with Gasteiger partial charge in [0.05, 0.1) is 0 Å². The van der Waals surface area contributed by atoms with Crippen LogP contribution in [0.2, 0.25) is 0 Å². The molecule has 178 valence electrons. The molecule has 3 N–H and O–H groups in total. The van der Waals surface area contributed by atoms with Gasteiger partial charge in [0.2, 0.25) is 11.8 Å². The van der Waals surface area contributed by atoms with E-state index in [1.54, 1.807) is 18.3 Å². The highest BCUT2D eigenvalue weighted by atomic mass is 79.9. The summed E-state index contributed by atoms with van der Waals surface area (Å²) in [6, 6.07) is 15.6. The molecule has 35 heavy (non-hydrogen) atoms. The predicted octanol–water partition coefficient (Wildman–Crippen LogP) is 5.18. The molecule has 0 saturated carbocycles. The van der Waals surface area contributed by atoms with E-state index in [-0.39, 0.29) is 23.7 Å². The molecule has 4 aromatic rings. The number of carbonyl (C=O) groups excluding carboxylic acids is 1. The van der Waals surface area contributed by atoms with Crippen LogP contribution in [0, 0.1) is 5.82 Å². The van der Waals surface area contributed by atoms with Gasteiger partial charge in [-0.25, -0.2) is 14.2 Å². The van der Waals surface area contributed by atoms with Crippen molar-refractivity contribution in [1.29, 1.82) is 0 Å². The summed E-state index contributed by atoms with van der Waals surface area (Å²) >= 11 is 3.57. The second-order valence-corrected chi connectivity index (χ2v) is 8.98. The fourth-order valence-corrected chi connectivity index (χ4v) is 4.38.